The molecule has 0 saturated carbocycles. The van der Waals surface area contributed by atoms with E-state index in [9.17, 15) is 0 Å². The van der Waals surface area contributed by atoms with Crippen LogP contribution in [0.5, 0.6) is 0 Å². The van der Waals surface area contributed by atoms with Gasteiger partial charge in [0.15, 0.2) is 0 Å². The van der Waals surface area contributed by atoms with Gasteiger partial charge in [0, 0.05) is 0 Å². The smallest absolute Gasteiger partial charge is 0.247 e. The molecule has 24 valence electrons. The number of hydrogen-bond acceptors (Lipinski definition) is 2. The molecule has 0 rings (SSSR count). The largest absolute Gasteiger partial charge is 1.00 e. The number of carbonyl (C=O) groups is 1. The Balaban J connectivity index is -0.0000000450. The van der Waals surface area contributed by atoms with Crippen LogP contribution in [0.4, 0.5) is 0 Å². The molecule has 0 bridgehead atoms. The summed E-state index contributed by atoms with van der Waals surface area (Å²) in [7, 11) is 0. The van der Waals surface area contributed by atoms with E-state index >= 15 is 0 Å². The van der Waals surface area contributed by atoms with Crippen molar-refractivity contribution in [2.24, 2.45) is 0 Å². The van der Waals surface area contributed by atoms with Crippen molar-refractivity contribution in [2.75, 3.05) is 0 Å². The van der Waals surface area contributed by atoms with Crippen molar-refractivity contribution in [3.63, 3.8) is 0 Å². The zero-order valence-corrected chi connectivity index (χ0v) is 3.89. The fraction of sp³-hybridized carbons (Fsp3) is 0. The van der Waals surface area contributed by atoms with Crippen LogP contribution in [0.25, 0.3) is 0 Å². The van der Waals surface area contributed by atoms with Crippen LogP contribution in [0.1, 0.15) is 0 Å². The van der Waals surface area contributed by atoms with Crippen LogP contribution >= 0.6 is 0 Å². The van der Waals surface area contributed by atoms with Gasteiger partial charge in [-0.3, -0.25) is 0 Å². The van der Waals surface area contributed by atoms with Crippen LogP contribution < -0.4 is 37.7 Å². The van der Waals surface area contributed by atoms with Gasteiger partial charge in [-0.15, -0.1) is 0 Å². The van der Waals surface area contributed by atoms with E-state index in [-0.39, 0.29) is 44.2 Å². The Labute approximate surface area is 59.3 Å². The molecule has 5 heteroatoms. The summed E-state index contributed by atoms with van der Waals surface area (Å²) in [5.41, 5.74) is 0. The van der Waals surface area contributed by atoms with Gasteiger partial charge in [0.05, 0.1) is 0 Å². The summed E-state index contributed by atoms with van der Waals surface area (Å²) < 4.78 is 0. The standard InChI is InChI=1S/CH2O3.2Li/c2-1-4-3;;/h1,3H;;/q;2*+1/p+1. The summed E-state index contributed by atoms with van der Waals surface area (Å²) in [5, 5.41) is 5.58. The van der Waals surface area contributed by atoms with Gasteiger partial charge in [-0.1, -0.05) is 0 Å². The Morgan fingerprint density at radius 2 is 1.67 bits per heavy atom. The third-order valence-electron chi connectivity index (χ3n) is 0.0481. The molecule has 0 fully saturated rings. The zero-order valence-electron chi connectivity index (χ0n) is 3.89. The predicted octanol–water partition coefficient (Wildman–Crippen LogP) is -7.19. The van der Waals surface area contributed by atoms with Crippen LogP contribution in [-0.2, 0) is 9.68 Å². The molecule has 0 aliphatic carbocycles. The summed E-state index contributed by atoms with van der Waals surface area (Å²) in [5.74, 6) is 0. The topological polar surface area (TPSA) is 49.2 Å². The van der Waals surface area contributed by atoms with Crippen LogP contribution in [0.2, 0.25) is 0 Å². The maximum Gasteiger partial charge on any atom is 1.00 e. The molecule has 0 aromatic carbocycles. The second-order valence-electron chi connectivity index (χ2n) is 0.214. The Hall–Kier alpha value is 0.625. The molecule has 2 N–H and O–H groups in total. The molecule has 0 aliphatic rings. The van der Waals surface area contributed by atoms with Crippen molar-refractivity contribution in [1.29, 1.82) is 0 Å². The van der Waals surface area contributed by atoms with Crippen molar-refractivity contribution in [3.8, 4) is 0 Å². The molecule has 0 radical (unpaired) electrons. The number of hydrogen-bond donors (Lipinski definition) is 0. The summed E-state index contributed by atoms with van der Waals surface area (Å²) in [4.78, 5) is 11.9. The molecule has 0 aromatic heterocycles. The van der Waals surface area contributed by atoms with Gasteiger partial charge in [0.25, 0.3) is 0 Å². The van der Waals surface area contributed by atoms with Crippen molar-refractivity contribution < 1.29 is 52.7 Å². The van der Waals surface area contributed by atoms with Crippen LogP contribution in [0.15, 0.2) is 0 Å². The second-order valence-corrected chi connectivity index (χ2v) is 0.214. The molecule has 0 atom stereocenters. The molecule has 3 nitrogen and oxygen atoms in total. The maximum absolute atomic E-state index is 8.76. The summed E-state index contributed by atoms with van der Waals surface area (Å²) in [6.07, 6.45) is 0. The fourth-order valence-corrected chi connectivity index (χ4v) is 0. The van der Waals surface area contributed by atoms with Crippen LogP contribution in [0.3, 0.4) is 0 Å². The SMILES string of the molecule is O=CO[OH2+].[Li+].[Li+]. The molecule has 0 aliphatic heterocycles. The van der Waals surface area contributed by atoms with Crippen molar-refractivity contribution in [3.05, 3.63) is 0 Å². The van der Waals surface area contributed by atoms with Crippen molar-refractivity contribution >= 4 is 6.47 Å². The third-order valence-corrected chi connectivity index (χ3v) is 0.0481. The number of carbonyl (C=O) groups excluding carboxylic acids is 1. The molecule has 6 heavy (non-hydrogen) atoms. The molecule has 0 amide bonds. The van der Waals surface area contributed by atoms with E-state index in [4.69, 9.17) is 10.1 Å². The van der Waals surface area contributed by atoms with E-state index in [1.165, 1.54) is 0 Å². The van der Waals surface area contributed by atoms with Gasteiger partial charge in [-0.2, -0.15) is 4.89 Å². The van der Waals surface area contributed by atoms with E-state index in [1.807, 2.05) is 0 Å². The van der Waals surface area contributed by atoms with E-state index in [0.29, 0.717) is 0 Å². The molecular formula is CH3Li2O3+3. The molecule has 0 heterocycles. The monoisotopic (exact) mass is 77.0 g/mol. The first-order valence-electron chi connectivity index (χ1n) is 0.676. The average Bonchev–Trinajstić information content (AvgIpc) is 1.37. The summed E-state index contributed by atoms with van der Waals surface area (Å²) in [6.45, 7) is 0.0417. The summed E-state index contributed by atoms with van der Waals surface area (Å²) >= 11 is 0. The van der Waals surface area contributed by atoms with Crippen molar-refractivity contribution in [2.45, 2.75) is 0 Å². The molecule has 0 spiro atoms. The van der Waals surface area contributed by atoms with Gasteiger partial charge in [0.2, 0.25) is 0 Å². The Morgan fingerprint density at radius 1 is 1.50 bits per heavy atom. The normalized spacial score (nSPS) is 3.50. The fourth-order valence-electron chi connectivity index (χ4n) is 0. The second kappa shape index (κ2) is 17.5. The zero-order chi connectivity index (χ0) is 3.41. The first-order chi connectivity index (χ1) is 1.91. The van der Waals surface area contributed by atoms with Gasteiger partial charge < -0.3 is 0 Å². The van der Waals surface area contributed by atoms with E-state index < -0.39 is 0 Å². The van der Waals surface area contributed by atoms with Gasteiger partial charge in [-0.05, 0) is 0 Å². The predicted molar refractivity (Wildman–Crippen MR) is 10.8 cm³/mol. The third kappa shape index (κ3) is 23.0. The minimum Gasteiger partial charge on any atom is -0.247 e. The molecule has 0 saturated heterocycles. The first kappa shape index (κ1) is 16.0. The Kier molecular flexibility index (Phi) is 46.4. The minimum absolute atomic E-state index is 0. The number of rotatable bonds is 1. The Morgan fingerprint density at radius 3 is 1.67 bits per heavy atom. The van der Waals surface area contributed by atoms with Gasteiger partial charge >= 0.3 is 44.2 Å². The summed E-state index contributed by atoms with van der Waals surface area (Å²) in [6, 6.07) is 0. The molecular weight excluding hydrogens is 73.9 g/mol. The quantitative estimate of drug-likeness (QED) is 0.103. The molecule has 0 unspecified atom stereocenters. The van der Waals surface area contributed by atoms with Crippen molar-refractivity contribution in [1.82, 2.24) is 0 Å². The van der Waals surface area contributed by atoms with E-state index in [0.717, 1.165) is 0 Å². The van der Waals surface area contributed by atoms with E-state index in [2.05, 4.69) is 4.89 Å². The van der Waals surface area contributed by atoms with Gasteiger partial charge in [0.1, 0.15) is 0 Å². The van der Waals surface area contributed by atoms with E-state index in [1.54, 1.807) is 0 Å². The maximum atomic E-state index is 8.76. The molecule has 0 aromatic rings. The average molecular weight is 76.9 g/mol. The Bertz CT molecular complexity index is 22.8. The minimum atomic E-state index is 0. The first-order valence-corrected chi connectivity index (χ1v) is 0.676. The van der Waals surface area contributed by atoms with Gasteiger partial charge in [-0.25, -0.2) is 10.1 Å². The van der Waals surface area contributed by atoms with Crippen LogP contribution in [-0.4, -0.2) is 11.7 Å². The van der Waals surface area contributed by atoms with Crippen LogP contribution in [0, 0.1) is 0 Å².